The van der Waals surface area contributed by atoms with Gasteiger partial charge in [-0.1, -0.05) is 25.8 Å². The van der Waals surface area contributed by atoms with Crippen LogP contribution in [0, 0.1) is 0 Å². The van der Waals surface area contributed by atoms with Crippen molar-refractivity contribution < 1.29 is 9.59 Å². The molecule has 2 N–H and O–H groups in total. The van der Waals surface area contributed by atoms with Crippen molar-refractivity contribution in [3.63, 3.8) is 0 Å². The molecule has 0 aromatic carbocycles. The van der Waals surface area contributed by atoms with E-state index in [1.807, 2.05) is 0 Å². The standard InChI is InChI=1S/C16H27N3O2/c1-12(10-17-15(2,3)4)11-19-13(20)16(18-14(19)21)8-6-5-7-9-16/h17H,1,5-11H2,2-4H3,(H,18,21). The van der Waals surface area contributed by atoms with E-state index in [2.05, 4.69) is 38.0 Å². The molecular weight excluding hydrogens is 266 g/mol. The summed E-state index contributed by atoms with van der Waals surface area (Å²) in [6.07, 6.45) is 4.69. The number of carbonyl (C=O) groups is 2. The highest BCUT2D eigenvalue weighted by Crippen LogP contribution is 2.33. The molecule has 1 aliphatic carbocycles. The van der Waals surface area contributed by atoms with Crippen LogP contribution in [0.15, 0.2) is 12.2 Å². The molecule has 118 valence electrons. The zero-order valence-electron chi connectivity index (χ0n) is 13.4. The number of nitrogens with zero attached hydrogens (tertiary/aromatic N) is 1. The van der Waals surface area contributed by atoms with E-state index in [-0.39, 0.29) is 17.5 Å². The molecular formula is C16H27N3O2. The summed E-state index contributed by atoms with van der Waals surface area (Å²) in [6, 6.07) is -0.265. The summed E-state index contributed by atoms with van der Waals surface area (Å²) in [6.45, 7) is 11.1. The maximum absolute atomic E-state index is 12.6. The Labute approximate surface area is 127 Å². The number of urea groups is 1. The number of carbonyl (C=O) groups excluding carboxylic acids is 2. The number of hydrogen-bond donors (Lipinski definition) is 2. The minimum absolute atomic E-state index is 0.00912. The fourth-order valence-corrected chi connectivity index (χ4v) is 2.98. The third-order valence-electron chi connectivity index (χ3n) is 4.20. The molecule has 0 aromatic rings. The average molecular weight is 293 g/mol. The highest BCUT2D eigenvalue weighted by Gasteiger charge is 2.51. The molecule has 1 saturated heterocycles. The Morgan fingerprint density at radius 2 is 1.90 bits per heavy atom. The highest BCUT2D eigenvalue weighted by atomic mass is 16.2. The van der Waals surface area contributed by atoms with Crippen molar-refractivity contribution >= 4 is 11.9 Å². The lowest BCUT2D eigenvalue weighted by Gasteiger charge is -2.30. The number of rotatable bonds is 4. The van der Waals surface area contributed by atoms with Crippen LogP contribution < -0.4 is 10.6 Å². The van der Waals surface area contributed by atoms with Gasteiger partial charge in [0.15, 0.2) is 0 Å². The van der Waals surface area contributed by atoms with Crippen molar-refractivity contribution in [1.82, 2.24) is 15.5 Å². The Hall–Kier alpha value is -1.36. The SMILES string of the molecule is C=C(CNC(C)(C)C)CN1C(=O)NC2(CCCCC2)C1=O. The minimum Gasteiger partial charge on any atom is -0.323 e. The van der Waals surface area contributed by atoms with Gasteiger partial charge in [-0.3, -0.25) is 9.69 Å². The van der Waals surface area contributed by atoms with E-state index in [1.165, 1.54) is 4.90 Å². The Morgan fingerprint density at radius 1 is 1.29 bits per heavy atom. The van der Waals surface area contributed by atoms with Crippen molar-refractivity contribution in [2.75, 3.05) is 13.1 Å². The predicted molar refractivity (Wildman–Crippen MR) is 83.0 cm³/mol. The van der Waals surface area contributed by atoms with E-state index in [0.717, 1.165) is 37.7 Å². The lowest BCUT2D eigenvalue weighted by molar-refractivity contribution is -0.132. The second-order valence-electron chi connectivity index (χ2n) is 7.32. The van der Waals surface area contributed by atoms with Gasteiger partial charge in [-0.25, -0.2) is 4.79 Å². The van der Waals surface area contributed by atoms with Crippen molar-refractivity contribution in [3.05, 3.63) is 12.2 Å². The van der Waals surface area contributed by atoms with Gasteiger partial charge in [0.05, 0.1) is 6.54 Å². The first kappa shape index (κ1) is 16.0. The molecule has 1 saturated carbocycles. The predicted octanol–water partition coefficient (Wildman–Crippen LogP) is 2.19. The lowest BCUT2D eigenvalue weighted by atomic mass is 9.82. The van der Waals surface area contributed by atoms with Crippen LogP contribution in [0.3, 0.4) is 0 Å². The summed E-state index contributed by atoms with van der Waals surface area (Å²) in [4.78, 5) is 26.1. The number of imide groups is 1. The lowest BCUT2D eigenvalue weighted by Crippen LogP contribution is -2.48. The summed E-state index contributed by atoms with van der Waals surface area (Å²) in [5, 5.41) is 6.25. The third kappa shape index (κ3) is 3.64. The average Bonchev–Trinajstić information content (AvgIpc) is 2.61. The number of nitrogens with one attached hydrogen (secondary N) is 2. The maximum Gasteiger partial charge on any atom is 0.325 e. The van der Waals surface area contributed by atoms with Crippen molar-refractivity contribution in [1.29, 1.82) is 0 Å². The first-order valence-electron chi connectivity index (χ1n) is 7.79. The van der Waals surface area contributed by atoms with Gasteiger partial charge in [-0.15, -0.1) is 0 Å². The third-order valence-corrected chi connectivity index (χ3v) is 4.20. The molecule has 0 unspecified atom stereocenters. The van der Waals surface area contributed by atoms with Crippen LogP contribution >= 0.6 is 0 Å². The van der Waals surface area contributed by atoms with Gasteiger partial charge in [0.2, 0.25) is 0 Å². The van der Waals surface area contributed by atoms with Crippen molar-refractivity contribution in [3.8, 4) is 0 Å². The monoisotopic (exact) mass is 293 g/mol. The molecule has 5 heteroatoms. The van der Waals surface area contributed by atoms with E-state index in [0.29, 0.717) is 13.1 Å². The molecule has 3 amide bonds. The van der Waals surface area contributed by atoms with E-state index in [9.17, 15) is 9.59 Å². The molecule has 0 aromatic heterocycles. The fourth-order valence-electron chi connectivity index (χ4n) is 2.98. The highest BCUT2D eigenvalue weighted by molar-refractivity contribution is 6.07. The van der Waals surface area contributed by atoms with E-state index < -0.39 is 5.54 Å². The van der Waals surface area contributed by atoms with Gasteiger partial charge in [0.25, 0.3) is 5.91 Å². The van der Waals surface area contributed by atoms with Gasteiger partial charge < -0.3 is 10.6 Å². The fraction of sp³-hybridized carbons (Fsp3) is 0.750. The van der Waals surface area contributed by atoms with Crippen LogP contribution in [0.4, 0.5) is 4.79 Å². The van der Waals surface area contributed by atoms with Gasteiger partial charge >= 0.3 is 6.03 Å². The van der Waals surface area contributed by atoms with Crippen LogP contribution in [0.25, 0.3) is 0 Å². The van der Waals surface area contributed by atoms with Crippen LogP contribution in [0.1, 0.15) is 52.9 Å². The molecule has 1 aliphatic heterocycles. The maximum atomic E-state index is 12.6. The van der Waals surface area contributed by atoms with Crippen LogP contribution in [0.2, 0.25) is 0 Å². The second kappa shape index (κ2) is 5.79. The topological polar surface area (TPSA) is 61.4 Å². The smallest absolute Gasteiger partial charge is 0.323 e. The number of amides is 3. The van der Waals surface area contributed by atoms with Gasteiger partial charge in [0, 0.05) is 12.1 Å². The molecule has 0 bridgehead atoms. The molecule has 2 rings (SSSR count). The molecule has 1 spiro atoms. The van der Waals surface area contributed by atoms with E-state index >= 15 is 0 Å². The quantitative estimate of drug-likeness (QED) is 0.617. The number of hydrogen-bond acceptors (Lipinski definition) is 3. The molecule has 2 fully saturated rings. The minimum atomic E-state index is -0.632. The van der Waals surface area contributed by atoms with Crippen molar-refractivity contribution in [2.24, 2.45) is 0 Å². The van der Waals surface area contributed by atoms with Gasteiger partial charge in [-0.05, 0) is 39.2 Å². The molecule has 0 radical (unpaired) electrons. The largest absolute Gasteiger partial charge is 0.325 e. The summed E-state index contributed by atoms with van der Waals surface area (Å²) in [7, 11) is 0. The normalized spacial score (nSPS) is 21.8. The second-order valence-corrected chi connectivity index (χ2v) is 7.32. The summed E-state index contributed by atoms with van der Waals surface area (Å²) >= 11 is 0. The molecule has 2 aliphatic rings. The van der Waals surface area contributed by atoms with Gasteiger partial charge in [-0.2, -0.15) is 0 Å². The summed E-state index contributed by atoms with van der Waals surface area (Å²) < 4.78 is 0. The Kier molecular flexibility index (Phi) is 4.42. The Morgan fingerprint density at radius 3 is 2.48 bits per heavy atom. The van der Waals surface area contributed by atoms with E-state index in [4.69, 9.17) is 0 Å². The van der Waals surface area contributed by atoms with E-state index in [1.54, 1.807) is 0 Å². The Balaban J connectivity index is 1.96. The first-order chi connectivity index (χ1) is 9.73. The molecule has 21 heavy (non-hydrogen) atoms. The Bertz CT molecular complexity index is 445. The summed E-state index contributed by atoms with van der Waals surface area (Å²) in [5.41, 5.74) is 0.207. The van der Waals surface area contributed by atoms with Crippen LogP contribution in [-0.4, -0.2) is 41.0 Å². The van der Waals surface area contributed by atoms with Gasteiger partial charge in [0.1, 0.15) is 5.54 Å². The molecule has 5 nitrogen and oxygen atoms in total. The first-order valence-corrected chi connectivity index (χ1v) is 7.79. The van der Waals surface area contributed by atoms with Crippen LogP contribution in [0.5, 0.6) is 0 Å². The van der Waals surface area contributed by atoms with Crippen molar-refractivity contribution in [2.45, 2.75) is 64.0 Å². The zero-order valence-corrected chi connectivity index (χ0v) is 13.4. The molecule has 1 heterocycles. The summed E-state index contributed by atoms with van der Waals surface area (Å²) in [5.74, 6) is -0.0656. The molecule has 0 atom stereocenters. The zero-order chi connectivity index (χ0) is 15.7. The van der Waals surface area contributed by atoms with Crippen LogP contribution in [-0.2, 0) is 4.79 Å².